The summed E-state index contributed by atoms with van der Waals surface area (Å²) >= 11 is 0. The van der Waals surface area contributed by atoms with E-state index in [2.05, 4.69) is 0 Å². The maximum Gasteiger partial charge on any atom is 0.275 e. The zero-order valence-corrected chi connectivity index (χ0v) is 16.7. The minimum atomic E-state index is -0.500. The number of carbonyl (C=O) groups is 1. The maximum atomic E-state index is 13.9. The van der Waals surface area contributed by atoms with Crippen molar-refractivity contribution in [3.05, 3.63) is 52.7 Å². The number of piperidine rings is 1. The highest BCUT2D eigenvalue weighted by Gasteiger charge is 2.40. The molecular weight excluding hydrogens is 389 g/mol. The van der Waals surface area contributed by atoms with E-state index in [1.807, 2.05) is 4.90 Å². The van der Waals surface area contributed by atoms with E-state index in [4.69, 9.17) is 9.47 Å². The van der Waals surface area contributed by atoms with Crippen LogP contribution in [0.5, 0.6) is 0 Å². The highest BCUT2D eigenvalue weighted by Crippen LogP contribution is 2.31. The Labute approximate surface area is 172 Å². The van der Waals surface area contributed by atoms with Gasteiger partial charge >= 0.3 is 0 Å². The molecule has 1 amide bonds. The lowest BCUT2D eigenvalue weighted by Crippen LogP contribution is -2.47. The number of rotatable bonds is 4. The van der Waals surface area contributed by atoms with Gasteiger partial charge in [-0.2, -0.15) is 0 Å². The predicted octanol–water partition coefficient (Wildman–Crippen LogP) is 2.54. The van der Waals surface area contributed by atoms with Gasteiger partial charge in [-0.05, 0) is 36.8 Å². The molecule has 0 unspecified atom stereocenters. The van der Waals surface area contributed by atoms with E-state index in [9.17, 15) is 14.0 Å². The number of nitrogens with zero attached hydrogens (tertiary/aromatic N) is 3. The summed E-state index contributed by atoms with van der Waals surface area (Å²) < 4.78 is 28.7. The number of ether oxygens (including phenoxy) is 2. The molecule has 0 bridgehead atoms. The van der Waals surface area contributed by atoms with Gasteiger partial charge in [-0.3, -0.25) is 9.59 Å². The Kier molecular flexibility index (Phi) is 4.83. The molecular formula is C22H24FN3O4. The molecule has 7 nitrogen and oxygen atoms in total. The van der Waals surface area contributed by atoms with Crippen LogP contribution in [0.25, 0.3) is 16.6 Å². The van der Waals surface area contributed by atoms with Gasteiger partial charge in [0, 0.05) is 45.1 Å². The zero-order valence-electron chi connectivity index (χ0n) is 16.7. The first kappa shape index (κ1) is 19.3. The Morgan fingerprint density at radius 1 is 1.07 bits per heavy atom. The highest BCUT2D eigenvalue weighted by molar-refractivity contribution is 5.79. The van der Waals surface area contributed by atoms with Crippen molar-refractivity contribution in [3.8, 4) is 0 Å². The van der Waals surface area contributed by atoms with Crippen molar-refractivity contribution in [1.29, 1.82) is 0 Å². The summed E-state index contributed by atoms with van der Waals surface area (Å²) in [5, 5.41) is 0. The first-order valence-corrected chi connectivity index (χ1v) is 10.4. The van der Waals surface area contributed by atoms with Crippen LogP contribution in [-0.4, -0.2) is 51.9 Å². The molecule has 158 valence electrons. The number of hydrogen-bond acceptors (Lipinski definition) is 4. The Balaban J connectivity index is 1.29. The summed E-state index contributed by atoms with van der Waals surface area (Å²) in [4.78, 5) is 27.4. The van der Waals surface area contributed by atoms with E-state index in [1.54, 1.807) is 33.4 Å². The lowest BCUT2D eigenvalue weighted by atomic mass is 10.0. The third-order valence-corrected chi connectivity index (χ3v) is 6.16. The van der Waals surface area contributed by atoms with Gasteiger partial charge in [0.25, 0.3) is 5.56 Å². The normalized spacial score (nSPS) is 18.6. The summed E-state index contributed by atoms with van der Waals surface area (Å²) in [6.07, 6.45) is 4.02. The molecule has 0 N–H and O–H groups in total. The number of halogens is 1. The Bertz CT molecular complexity index is 1150. The van der Waals surface area contributed by atoms with Crippen molar-refractivity contribution >= 4 is 22.5 Å². The van der Waals surface area contributed by atoms with Gasteiger partial charge in [-0.15, -0.1) is 0 Å². The van der Waals surface area contributed by atoms with Crippen molar-refractivity contribution in [2.75, 3.05) is 26.3 Å². The Morgan fingerprint density at radius 2 is 1.83 bits per heavy atom. The number of amides is 1. The number of aryl methyl sites for hydroxylation is 1. The zero-order chi connectivity index (χ0) is 20.7. The Morgan fingerprint density at radius 3 is 2.60 bits per heavy atom. The standard InChI is InChI=1S/C22H24FN3O4/c23-16-5-6-17-19(15-16)26(21(28)18-3-1-9-25(17)18)10-2-4-20(27)24-11-7-22(8-12-24)29-13-14-30-22/h1,3,5-6,9,15H,2,4,7-8,10-14H2. The highest BCUT2D eigenvalue weighted by atomic mass is 19.1. The van der Waals surface area contributed by atoms with Crippen molar-refractivity contribution in [2.24, 2.45) is 0 Å². The molecule has 2 aliphatic rings. The minimum Gasteiger partial charge on any atom is -0.347 e. The third-order valence-electron chi connectivity index (χ3n) is 6.16. The molecule has 4 heterocycles. The molecule has 2 fully saturated rings. The third kappa shape index (κ3) is 3.30. The fraction of sp³-hybridized carbons (Fsp3) is 0.455. The second kappa shape index (κ2) is 7.52. The number of benzene rings is 1. The number of carbonyl (C=O) groups excluding carboxylic acids is 1. The quantitative estimate of drug-likeness (QED) is 0.659. The molecule has 0 aliphatic carbocycles. The van der Waals surface area contributed by atoms with Crippen LogP contribution in [0.3, 0.4) is 0 Å². The second-order valence-electron chi connectivity index (χ2n) is 7.95. The molecule has 30 heavy (non-hydrogen) atoms. The molecule has 2 aromatic heterocycles. The predicted molar refractivity (Wildman–Crippen MR) is 109 cm³/mol. The summed E-state index contributed by atoms with van der Waals surface area (Å²) in [5.41, 5.74) is 1.66. The van der Waals surface area contributed by atoms with Crippen molar-refractivity contribution in [2.45, 2.75) is 38.0 Å². The van der Waals surface area contributed by atoms with E-state index in [0.717, 1.165) is 5.52 Å². The molecule has 5 rings (SSSR count). The molecule has 1 aromatic carbocycles. The smallest absolute Gasteiger partial charge is 0.275 e. The van der Waals surface area contributed by atoms with E-state index in [-0.39, 0.29) is 11.5 Å². The summed E-state index contributed by atoms with van der Waals surface area (Å²) in [5.74, 6) is -0.827. The van der Waals surface area contributed by atoms with Gasteiger partial charge < -0.3 is 23.3 Å². The SMILES string of the molecule is O=C(CCCn1c(=O)c2cccn2c2ccc(F)cc21)N1CCC2(CC1)OCCO2. The monoisotopic (exact) mass is 413 g/mol. The largest absolute Gasteiger partial charge is 0.347 e. The molecule has 2 aliphatic heterocycles. The van der Waals surface area contributed by atoms with Crippen molar-refractivity contribution in [1.82, 2.24) is 13.9 Å². The van der Waals surface area contributed by atoms with Gasteiger partial charge in [0.1, 0.15) is 11.3 Å². The van der Waals surface area contributed by atoms with E-state index >= 15 is 0 Å². The van der Waals surface area contributed by atoms with Crippen LogP contribution in [-0.2, 0) is 20.8 Å². The van der Waals surface area contributed by atoms with Gasteiger partial charge in [-0.25, -0.2) is 4.39 Å². The van der Waals surface area contributed by atoms with Crippen molar-refractivity contribution < 1.29 is 18.7 Å². The molecule has 0 radical (unpaired) electrons. The topological polar surface area (TPSA) is 65.2 Å². The first-order valence-electron chi connectivity index (χ1n) is 10.4. The fourth-order valence-electron chi connectivity index (χ4n) is 4.58. The van der Waals surface area contributed by atoms with Crippen LogP contribution >= 0.6 is 0 Å². The number of hydrogen-bond donors (Lipinski definition) is 0. The summed E-state index contributed by atoms with van der Waals surface area (Å²) in [6, 6.07) is 8.00. The minimum absolute atomic E-state index is 0.0650. The molecule has 2 saturated heterocycles. The van der Waals surface area contributed by atoms with E-state index in [1.165, 1.54) is 12.1 Å². The average molecular weight is 413 g/mol. The van der Waals surface area contributed by atoms with Crippen LogP contribution < -0.4 is 5.56 Å². The molecule has 0 atom stereocenters. The van der Waals surface area contributed by atoms with Crippen LogP contribution in [0.4, 0.5) is 4.39 Å². The van der Waals surface area contributed by atoms with Gasteiger partial charge in [0.2, 0.25) is 5.91 Å². The molecule has 8 heteroatoms. The number of aromatic nitrogens is 2. The lowest BCUT2D eigenvalue weighted by molar-refractivity contribution is -0.187. The molecule has 1 spiro atoms. The summed E-state index contributed by atoms with van der Waals surface area (Å²) in [6.45, 7) is 2.81. The van der Waals surface area contributed by atoms with Crippen LogP contribution in [0.15, 0.2) is 41.3 Å². The van der Waals surface area contributed by atoms with E-state index < -0.39 is 11.6 Å². The van der Waals surface area contributed by atoms with Gasteiger partial charge in [0.15, 0.2) is 5.79 Å². The van der Waals surface area contributed by atoms with Crippen LogP contribution in [0.2, 0.25) is 0 Å². The van der Waals surface area contributed by atoms with E-state index in [0.29, 0.717) is 69.6 Å². The first-order chi connectivity index (χ1) is 14.6. The van der Waals surface area contributed by atoms with Crippen LogP contribution in [0.1, 0.15) is 25.7 Å². The maximum absolute atomic E-state index is 13.9. The molecule has 3 aromatic rings. The number of fused-ring (bicyclic) bond motifs is 3. The second-order valence-corrected chi connectivity index (χ2v) is 7.95. The fourth-order valence-corrected chi connectivity index (χ4v) is 4.58. The average Bonchev–Trinajstić information content (AvgIpc) is 3.41. The summed E-state index contributed by atoms with van der Waals surface area (Å²) in [7, 11) is 0. The molecule has 0 saturated carbocycles. The van der Waals surface area contributed by atoms with Crippen molar-refractivity contribution in [3.63, 3.8) is 0 Å². The van der Waals surface area contributed by atoms with Gasteiger partial charge in [0.05, 0.1) is 24.2 Å². The van der Waals surface area contributed by atoms with Gasteiger partial charge in [-0.1, -0.05) is 0 Å². The number of likely N-dealkylation sites (tertiary alicyclic amines) is 1. The Hall–Kier alpha value is -2.71. The van der Waals surface area contributed by atoms with Crippen LogP contribution in [0, 0.1) is 5.82 Å². The lowest BCUT2D eigenvalue weighted by Gasteiger charge is -2.37.